The Bertz CT molecular complexity index is 455. The second-order valence-corrected chi connectivity index (χ2v) is 4.29. The molecule has 5 nitrogen and oxygen atoms in total. The molecule has 0 spiro atoms. The zero-order chi connectivity index (χ0) is 14.8. The highest BCUT2D eigenvalue weighted by molar-refractivity contribution is 5.92. The average Bonchev–Trinajstić information content (AvgIpc) is 2.41. The number of anilines is 1. The van der Waals surface area contributed by atoms with Crippen LogP contribution in [0.2, 0.25) is 0 Å². The van der Waals surface area contributed by atoms with E-state index in [1.807, 2.05) is 19.1 Å². The van der Waals surface area contributed by atoms with Crippen molar-refractivity contribution in [2.45, 2.75) is 13.3 Å². The minimum absolute atomic E-state index is 0.00193. The van der Waals surface area contributed by atoms with Crippen molar-refractivity contribution in [3.8, 4) is 0 Å². The van der Waals surface area contributed by atoms with Gasteiger partial charge in [-0.2, -0.15) is 0 Å². The fourth-order valence-electron chi connectivity index (χ4n) is 1.64. The second kappa shape index (κ2) is 8.87. The highest BCUT2D eigenvalue weighted by Crippen LogP contribution is 2.09. The molecule has 3 N–H and O–H groups in total. The van der Waals surface area contributed by atoms with Gasteiger partial charge in [-0.1, -0.05) is 18.2 Å². The van der Waals surface area contributed by atoms with E-state index in [1.54, 1.807) is 18.2 Å². The first kappa shape index (κ1) is 15.9. The summed E-state index contributed by atoms with van der Waals surface area (Å²) < 4.78 is 0. The molecule has 108 valence electrons. The van der Waals surface area contributed by atoms with Crippen LogP contribution in [-0.2, 0) is 16.0 Å². The molecule has 0 bridgehead atoms. The summed E-state index contributed by atoms with van der Waals surface area (Å²) in [7, 11) is 0. The fraction of sp³-hybridized carbons (Fsp3) is 0.333. The standard InChI is InChI=1S/C15H21N3O2/c1-3-9-16-11-15(20)18-13-7-5-12(6-8-13)10-14(19)17-4-2/h3,5-8,16H,1,4,9-11H2,2H3,(H,17,19)(H,18,20). The normalized spacial score (nSPS) is 9.85. The van der Waals surface area contributed by atoms with E-state index in [4.69, 9.17) is 0 Å². The summed E-state index contributed by atoms with van der Waals surface area (Å²) in [5.41, 5.74) is 1.63. The van der Waals surface area contributed by atoms with E-state index >= 15 is 0 Å². The van der Waals surface area contributed by atoms with Crippen molar-refractivity contribution < 1.29 is 9.59 Å². The lowest BCUT2D eigenvalue weighted by Gasteiger charge is -2.07. The lowest BCUT2D eigenvalue weighted by molar-refractivity contribution is -0.120. The number of carbonyl (C=O) groups is 2. The van der Waals surface area contributed by atoms with Crippen LogP contribution in [0.1, 0.15) is 12.5 Å². The molecule has 0 aliphatic rings. The SMILES string of the molecule is C=CCNCC(=O)Nc1ccc(CC(=O)NCC)cc1. The number of rotatable bonds is 8. The molecule has 1 aromatic rings. The predicted molar refractivity (Wildman–Crippen MR) is 80.5 cm³/mol. The third kappa shape index (κ3) is 6.15. The molecule has 0 aromatic heterocycles. The van der Waals surface area contributed by atoms with Crippen LogP contribution in [0.25, 0.3) is 0 Å². The largest absolute Gasteiger partial charge is 0.356 e. The molecule has 5 heteroatoms. The van der Waals surface area contributed by atoms with Gasteiger partial charge in [-0.15, -0.1) is 6.58 Å². The van der Waals surface area contributed by atoms with Gasteiger partial charge in [0, 0.05) is 18.8 Å². The molecular formula is C15H21N3O2. The molecule has 0 saturated carbocycles. The maximum absolute atomic E-state index is 11.6. The van der Waals surface area contributed by atoms with Gasteiger partial charge in [0.2, 0.25) is 11.8 Å². The molecule has 0 unspecified atom stereocenters. The van der Waals surface area contributed by atoms with E-state index in [0.717, 1.165) is 11.3 Å². The fourth-order valence-corrected chi connectivity index (χ4v) is 1.64. The summed E-state index contributed by atoms with van der Waals surface area (Å²) in [6, 6.07) is 7.25. The van der Waals surface area contributed by atoms with E-state index in [2.05, 4.69) is 22.5 Å². The lowest BCUT2D eigenvalue weighted by Crippen LogP contribution is -2.28. The number of benzene rings is 1. The second-order valence-electron chi connectivity index (χ2n) is 4.29. The van der Waals surface area contributed by atoms with E-state index < -0.39 is 0 Å². The summed E-state index contributed by atoms with van der Waals surface area (Å²) in [6.07, 6.45) is 2.05. The molecule has 20 heavy (non-hydrogen) atoms. The number of likely N-dealkylation sites (N-methyl/N-ethyl adjacent to an activating group) is 1. The number of hydrogen-bond donors (Lipinski definition) is 3. The van der Waals surface area contributed by atoms with Crippen molar-refractivity contribution in [1.82, 2.24) is 10.6 Å². The third-order valence-corrected chi connectivity index (χ3v) is 2.55. The molecule has 1 aromatic carbocycles. The first-order valence-corrected chi connectivity index (χ1v) is 6.62. The van der Waals surface area contributed by atoms with E-state index in [9.17, 15) is 9.59 Å². The first-order chi connectivity index (χ1) is 9.65. The van der Waals surface area contributed by atoms with Crippen LogP contribution in [0.4, 0.5) is 5.69 Å². The molecule has 0 fully saturated rings. The van der Waals surface area contributed by atoms with Gasteiger partial charge < -0.3 is 16.0 Å². The Morgan fingerprint density at radius 2 is 1.90 bits per heavy atom. The first-order valence-electron chi connectivity index (χ1n) is 6.62. The summed E-state index contributed by atoms with van der Waals surface area (Å²) >= 11 is 0. The maximum Gasteiger partial charge on any atom is 0.238 e. The van der Waals surface area contributed by atoms with Crippen molar-refractivity contribution in [2.75, 3.05) is 25.0 Å². The minimum atomic E-state index is -0.108. The maximum atomic E-state index is 11.6. The Balaban J connectivity index is 2.43. The number of carbonyl (C=O) groups excluding carboxylic acids is 2. The molecule has 0 radical (unpaired) electrons. The summed E-state index contributed by atoms with van der Waals surface area (Å²) in [5.74, 6) is -0.110. The van der Waals surface area contributed by atoms with Crippen molar-refractivity contribution in [3.63, 3.8) is 0 Å². The van der Waals surface area contributed by atoms with Crippen LogP contribution >= 0.6 is 0 Å². The zero-order valence-electron chi connectivity index (χ0n) is 11.7. The number of amides is 2. The highest BCUT2D eigenvalue weighted by atomic mass is 16.2. The molecule has 2 amide bonds. The van der Waals surface area contributed by atoms with Crippen LogP contribution < -0.4 is 16.0 Å². The molecule has 0 saturated heterocycles. The Labute approximate surface area is 119 Å². The molecule has 0 heterocycles. The van der Waals surface area contributed by atoms with Crippen LogP contribution in [0, 0.1) is 0 Å². The monoisotopic (exact) mass is 275 g/mol. The predicted octanol–water partition coefficient (Wildman–Crippen LogP) is 1.08. The summed E-state index contributed by atoms with van der Waals surface area (Å²) in [4.78, 5) is 23.0. The highest BCUT2D eigenvalue weighted by Gasteiger charge is 2.04. The lowest BCUT2D eigenvalue weighted by atomic mass is 10.1. The van der Waals surface area contributed by atoms with Crippen molar-refractivity contribution in [1.29, 1.82) is 0 Å². The van der Waals surface area contributed by atoms with Gasteiger partial charge in [-0.05, 0) is 24.6 Å². The van der Waals surface area contributed by atoms with Crippen molar-refractivity contribution >= 4 is 17.5 Å². The van der Waals surface area contributed by atoms with Gasteiger partial charge >= 0.3 is 0 Å². The van der Waals surface area contributed by atoms with E-state index in [0.29, 0.717) is 19.5 Å². The van der Waals surface area contributed by atoms with Crippen LogP contribution in [0.3, 0.4) is 0 Å². The third-order valence-electron chi connectivity index (χ3n) is 2.55. The Morgan fingerprint density at radius 3 is 2.50 bits per heavy atom. The van der Waals surface area contributed by atoms with Gasteiger partial charge in [0.1, 0.15) is 0 Å². The summed E-state index contributed by atoms with van der Waals surface area (Å²) in [6.45, 7) is 6.92. The molecule has 0 atom stereocenters. The number of nitrogens with one attached hydrogen (secondary N) is 3. The summed E-state index contributed by atoms with van der Waals surface area (Å²) in [5, 5.41) is 8.44. The molecular weight excluding hydrogens is 254 g/mol. The van der Waals surface area contributed by atoms with Gasteiger partial charge in [-0.3, -0.25) is 9.59 Å². The van der Waals surface area contributed by atoms with E-state index in [1.165, 1.54) is 0 Å². The smallest absolute Gasteiger partial charge is 0.238 e. The average molecular weight is 275 g/mol. The van der Waals surface area contributed by atoms with Gasteiger partial charge in [0.15, 0.2) is 0 Å². The van der Waals surface area contributed by atoms with Crippen molar-refractivity contribution in [2.24, 2.45) is 0 Å². The van der Waals surface area contributed by atoms with Gasteiger partial charge in [0.25, 0.3) is 0 Å². The number of hydrogen-bond acceptors (Lipinski definition) is 3. The minimum Gasteiger partial charge on any atom is -0.356 e. The van der Waals surface area contributed by atoms with Crippen LogP contribution in [0.5, 0.6) is 0 Å². The van der Waals surface area contributed by atoms with Crippen LogP contribution in [-0.4, -0.2) is 31.4 Å². The van der Waals surface area contributed by atoms with E-state index in [-0.39, 0.29) is 18.4 Å². The topological polar surface area (TPSA) is 70.2 Å². The van der Waals surface area contributed by atoms with Crippen molar-refractivity contribution in [3.05, 3.63) is 42.5 Å². The Morgan fingerprint density at radius 1 is 1.20 bits per heavy atom. The molecule has 1 rings (SSSR count). The molecule has 0 aliphatic heterocycles. The zero-order valence-corrected chi connectivity index (χ0v) is 11.7. The van der Waals surface area contributed by atoms with Gasteiger partial charge in [-0.25, -0.2) is 0 Å². The Kier molecular flexibility index (Phi) is 7.06. The molecule has 0 aliphatic carbocycles. The quantitative estimate of drug-likeness (QED) is 0.491. The van der Waals surface area contributed by atoms with Gasteiger partial charge in [0.05, 0.1) is 13.0 Å². The van der Waals surface area contributed by atoms with Crippen LogP contribution in [0.15, 0.2) is 36.9 Å². The Hall–Kier alpha value is -2.14.